The number of thioether (sulfide) groups is 1. The van der Waals surface area contributed by atoms with Crippen molar-refractivity contribution in [1.29, 1.82) is 0 Å². The fourth-order valence-corrected chi connectivity index (χ4v) is 3.29. The van der Waals surface area contributed by atoms with Crippen molar-refractivity contribution in [3.8, 4) is 5.75 Å². The molecule has 16 heavy (non-hydrogen) atoms. The van der Waals surface area contributed by atoms with Gasteiger partial charge in [0.2, 0.25) is 0 Å². The molecule has 0 spiro atoms. The van der Waals surface area contributed by atoms with E-state index in [2.05, 4.69) is 41.6 Å². The van der Waals surface area contributed by atoms with Crippen LogP contribution in [0.4, 0.5) is 5.69 Å². The van der Waals surface area contributed by atoms with E-state index in [4.69, 9.17) is 4.74 Å². The predicted molar refractivity (Wildman–Crippen MR) is 69.0 cm³/mol. The number of rotatable bonds is 1. The summed E-state index contributed by atoms with van der Waals surface area (Å²) in [4.78, 5) is 2.26. The molecular weight excluding hydrogens is 218 g/mol. The van der Waals surface area contributed by atoms with Crippen molar-refractivity contribution >= 4 is 17.4 Å². The van der Waals surface area contributed by atoms with Crippen molar-refractivity contribution in [2.24, 2.45) is 0 Å². The molecule has 3 rings (SSSR count). The fourth-order valence-electron chi connectivity index (χ4n) is 2.25. The van der Waals surface area contributed by atoms with Gasteiger partial charge in [-0.3, -0.25) is 0 Å². The van der Waals surface area contributed by atoms with E-state index in [9.17, 15) is 0 Å². The molecule has 1 unspecified atom stereocenters. The zero-order valence-electron chi connectivity index (χ0n) is 9.31. The SMILES string of the molecule is COc1ccc2c(c1)C1SC=CC=C1N2C. The molecule has 82 valence electrons. The normalized spacial score (nSPS) is 21.5. The lowest BCUT2D eigenvalue weighted by atomic mass is 10.1. The van der Waals surface area contributed by atoms with Gasteiger partial charge in [0.25, 0.3) is 0 Å². The fraction of sp³-hybridized carbons (Fsp3) is 0.231. The summed E-state index contributed by atoms with van der Waals surface area (Å²) in [6.07, 6.45) is 4.30. The van der Waals surface area contributed by atoms with Crippen molar-refractivity contribution in [2.75, 3.05) is 19.1 Å². The lowest BCUT2D eigenvalue weighted by Gasteiger charge is -2.18. The third-order valence-electron chi connectivity index (χ3n) is 3.09. The number of hydrogen-bond donors (Lipinski definition) is 0. The van der Waals surface area contributed by atoms with Crippen LogP contribution in [0.5, 0.6) is 5.75 Å². The molecule has 0 amide bonds. The van der Waals surface area contributed by atoms with Crippen LogP contribution in [0.2, 0.25) is 0 Å². The Labute approximate surface area is 99.6 Å². The Morgan fingerprint density at radius 3 is 3.06 bits per heavy atom. The zero-order valence-corrected chi connectivity index (χ0v) is 10.1. The molecule has 1 aromatic rings. The van der Waals surface area contributed by atoms with E-state index < -0.39 is 0 Å². The first-order valence-corrected chi connectivity index (χ1v) is 6.19. The van der Waals surface area contributed by atoms with Gasteiger partial charge in [-0.15, -0.1) is 11.8 Å². The molecule has 0 fully saturated rings. The summed E-state index contributed by atoms with van der Waals surface area (Å²) >= 11 is 1.85. The van der Waals surface area contributed by atoms with Crippen LogP contribution in [0, 0.1) is 0 Å². The van der Waals surface area contributed by atoms with Gasteiger partial charge >= 0.3 is 0 Å². The van der Waals surface area contributed by atoms with Crippen LogP contribution in [0.1, 0.15) is 10.8 Å². The Morgan fingerprint density at radius 2 is 2.25 bits per heavy atom. The molecule has 2 aliphatic heterocycles. The maximum atomic E-state index is 5.29. The van der Waals surface area contributed by atoms with E-state index in [-0.39, 0.29) is 0 Å². The summed E-state index contributed by atoms with van der Waals surface area (Å²) in [7, 11) is 3.84. The van der Waals surface area contributed by atoms with Gasteiger partial charge in [0.15, 0.2) is 0 Å². The van der Waals surface area contributed by atoms with Crippen LogP contribution >= 0.6 is 11.8 Å². The van der Waals surface area contributed by atoms with Gasteiger partial charge in [-0.05, 0) is 35.2 Å². The van der Waals surface area contributed by atoms with E-state index in [1.165, 1.54) is 16.9 Å². The molecule has 1 atom stereocenters. The largest absolute Gasteiger partial charge is 0.497 e. The summed E-state index contributed by atoms with van der Waals surface area (Å²) in [5, 5.41) is 2.58. The van der Waals surface area contributed by atoms with Crippen LogP contribution in [0.3, 0.4) is 0 Å². The monoisotopic (exact) mass is 231 g/mol. The maximum Gasteiger partial charge on any atom is 0.119 e. The molecule has 1 aromatic carbocycles. The number of hydrogen-bond acceptors (Lipinski definition) is 3. The minimum absolute atomic E-state index is 0.431. The molecule has 2 heterocycles. The molecule has 0 N–H and O–H groups in total. The van der Waals surface area contributed by atoms with Gasteiger partial charge in [-0.2, -0.15) is 0 Å². The van der Waals surface area contributed by atoms with E-state index in [1.54, 1.807) is 7.11 Å². The van der Waals surface area contributed by atoms with E-state index in [0.29, 0.717) is 5.25 Å². The van der Waals surface area contributed by atoms with Gasteiger partial charge in [0.1, 0.15) is 5.75 Å². The van der Waals surface area contributed by atoms with Gasteiger partial charge in [-0.1, -0.05) is 6.08 Å². The number of anilines is 1. The van der Waals surface area contributed by atoms with Crippen molar-refractivity contribution in [2.45, 2.75) is 5.25 Å². The van der Waals surface area contributed by atoms with Crippen LogP contribution < -0.4 is 9.64 Å². The number of fused-ring (bicyclic) bond motifs is 3. The smallest absolute Gasteiger partial charge is 0.119 e. The minimum Gasteiger partial charge on any atom is -0.497 e. The lowest BCUT2D eigenvalue weighted by molar-refractivity contribution is 0.414. The van der Waals surface area contributed by atoms with E-state index >= 15 is 0 Å². The summed E-state index contributed by atoms with van der Waals surface area (Å²) < 4.78 is 5.29. The summed E-state index contributed by atoms with van der Waals surface area (Å²) in [5.74, 6) is 0.934. The average Bonchev–Trinajstić information content (AvgIpc) is 2.64. The quantitative estimate of drug-likeness (QED) is 0.735. The third kappa shape index (κ3) is 1.28. The van der Waals surface area contributed by atoms with Crippen LogP contribution in [-0.2, 0) is 0 Å². The molecule has 0 aliphatic carbocycles. The van der Waals surface area contributed by atoms with Crippen molar-refractivity contribution in [3.05, 3.63) is 47.0 Å². The standard InChI is InChI=1S/C13H13NOS/c1-14-11-6-5-9(15-2)8-10(11)13-12(14)4-3-7-16-13/h3-8,13H,1-2H3. The molecule has 2 nitrogen and oxygen atoms in total. The van der Waals surface area contributed by atoms with Crippen LogP contribution in [-0.4, -0.2) is 14.2 Å². The van der Waals surface area contributed by atoms with Crippen LogP contribution in [0.25, 0.3) is 0 Å². The van der Waals surface area contributed by atoms with Gasteiger partial charge in [-0.25, -0.2) is 0 Å². The first kappa shape index (κ1) is 9.85. The summed E-state index contributed by atoms with van der Waals surface area (Å²) in [6, 6.07) is 6.29. The summed E-state index contributed by atoms with van der Waals surface area (Å²) in [5.41, 5.74) is 3.99. The minimum atomic E-state index is 0.431. The number of methoxy groups -OCH3 is 1. The molecule has 3 heteroatoms. The number of ether oxygens (including phenoxy) is 1. The van der Waals surface area contributed by atoms with Crippen molar-refractivity contribution in [1.82, 2.24) is 0 Å². The summed E-state index contributed by atoms with van der Waals surface area (Å²) in [6.45, 7) is 0. The van der Waals surface area contributed by atoms with Gasteiger partial charge < -0.3 is 9.64 Å². The molecule has 0 radical (unpaired) electrons. The maximum absolute atomic E-state index is 5.29. The highest BCUT2D eigenvalue weighted by molar-refractivity contribution is 8.02. The van der Waals surface area contributed by atoms with Crippen molar-refractivity contribution < 1.29 is 4.74 Å². The van der Waals surface area contributed by atoms with E-state index in [0.717, 1.165) is 5.75 Å². The topological polar surface area (TPSA) is 12.5 Å². The highest BCUT2D eigenvalue weighted by atomic mass is 32.2. The predicted octanol–water partition coefficient (Wildman–Crippen LogP) is 3.33. The second kappa shape index (κ2) is 3.59. The second-order valence-corrected chi connectivity index (χ2v) is 4.94. The lowest BCUT2D eigenvalue weighted by Crippen LogP contribution is -2.12. The number of nitrogens with zero attached hydrogens (tertiary/aromatic N) is 1. The Kier molecular flexibility index (Phi) is 2.21. The number of likely N-dealkylation sites (N-methyl/N-ethyl adjacent to an activating group) is 1. The Balaban J connectivity index is 2.13. The zero-order chi connectivity index (χ0) is 11.1. The molecule has 0 aromatic heterocycles. The molecular formula is C13H13NOS. The number of benzene rings is 1. The Morgan fingerprint density at radius 1 is 1.38 bits per heavy atom. The number of allylic oxidation sites excluding steroid dienone is 2. The molecule has 0 saturated heterocycles. The second-order valence-electron chi connectivity index (χ2n) is 3.92. The van der Waals surface area contributed by atoms with Crippen molar-refractivity contribution in [3.63, 3.8) is 0 Å². The Hall–Kier alpha value is -1.35. The highest BCUT2D eigenvalue weighted by Gasteiger charge is 2.32. The highest BCUT2D eigenvalue weighted by Crippen LogP contribution is 2.51. The Bertz CT molecular complexity index is 493. The first-order chi connectivity index (χ1) is 7.81. The van der Waals surface area contributed by atoms with E-state index in [1.807, 2.05) is 17.8 Å². The van der Waals surface area contributed by atoms with Crippen LogP contribution in [0.15, 0.2) is 41.5 Å². The van der Waals surface area contributed by atoms with Gasteiger partial charge in [0.05, 0.1) is 12.4 Å². The molecule has 2 aliphatic rings. The molecule has 0 saturated carbocycles. The third-order valence-corrected chi connectivity index (χ3v) is 4.18. The first-order valence-electron chi connectivity index (χ1n) is 5.25. The average molecular weight is 231 g/mol. The molecule has 0 bridgehead atoms. The van der Waals surface area contributed by atoms with Gasteiger partial charge in [0, 0.05) is 18.4 Å².